The van der Waals surface area contributed by atoms with Gasteiger partial charge in [0.15, 0.2) is 0 Å². The van der Waals surface area contributed by atoms with Gasteiger partial charge in [0.25, 0.3) is 0 Å². The van der Waals surface area contributed by atoms with E-state index < -0.39 is 18.5 Å². The van der Waals surface area contributed by atoms with E-state index in [1.807, 2.05) is 18.2 Å². The summed E-state index contributed by atoms with van der Waals surface area (Å²) in [6.07, 6.45) is 6.02. The van der Waals surface area contributed by atoms with Crippen molar-refractivity contribution in [2.24, 2.45) is 11.4 Å². The van der Waals surface area contributed by atoms with Crippen molar-refractivity contribution in [3.05, 3.63) is 53.1 Å². The van der Waals surface area contributed by atoms with Crippen molar-refractivity contribution in [2.75, 3.05) is 27.4 Å². The maximum absolute atomic E-state index is 13.1. The van der Waals surface area contributed by atoms with Crippen LogP contribution < -0.4 is 10.8 Å². The predicted octanol–water partition coefficient (Wildman–Crippen LogP) is 9.40. The number of halogens is 1. The summed E-state index contributed by atoms with van der Waals surface area (Å²) in [6, 6.07) is 13.6. The molecule has 0 aliphatic heterocycles. The fraction of sp³-hybridized carbons (Fsp3) is 0.581. The molecule has 228 valence electrons. The van der Waals surface area contributed by atoms with Gasteiger partial charge in [-0.3, -0.25) is 0 Å². The van der Waals surface area contributed by atoms with Crippen molar-refractivity contribution >= 4 is 41.6 Å². The Balaban J connectivity index is 0.000000614. The Hall–Kier alpha value is -1.18. The van der Waals surface area contributed by atoms with E-state index in [2.05, 4.69) is 39.8 Å². The molecule has 0 heterocycles. The van der Waals surface area contributed by atoms with Crippen molar-refractivity contribution in [3.8, 4) is 0 Å². The summed E-state index contributed by atoms with van der Waals surface area (Å²) < 4.78 is 22.1. The van der Waals surface area contributed by atoms with Gasteiger partial charge in [0.1, 0.15) is 0 Å². The Morgan fingerprint density at radius 2 is 1.68 bits per heavy atom. The molecular weight excluding hydrogens is 565 g/mol. The van der Waals surface area contributed by atoms with Crippen LogP contribution in [0.5, 0.6) is 0 Å². The summed E-state index contributed by atoms with van der Waals surface area (Å²) in [5, 5.41) is 0.583. The molecule has 40 heavy (non-hydrogen) atoms. The molecule has 2 rings (SSSR count). The van der Waals surface area contributed by atoms with Gasteiger partial charge in [-0.05, 0) is 12.3 Å². The minimum absolute atomic E-state index is 0.288. The Kier molecular flexibility index (Phi) is 15.7. The van der Waals surface area contributed by atoms with Gasteiger partial charge in [0.05, 0.1) is 0 Å². The number of nitrogens with two attached hydrogens (primary N) is 1. The van der Waals surface area contributed by atoms with Crippen molar-refractivity contribution in [1.29, 1.82) is 0 Å². The Morgan fingerprint density at radius 1 is 1.02 bits per heavy atom. The van der Waals surface area contributed by atoms with E-state index in [0.717, 1.165) is 35.3 Å². The third-order valence-electron chi connectivity index (χ3n) is 6.37. The van der Waals surface area contributed by atoms with E-state index in [0.29, 0.717) is 5.30 Å². The van der Waals surface area contributed by atoms with Crippen LogP contribution in [0, 0.1) is 5.92 Å². The van der Waals surface area contributed by atoms with Gasteiger partial charge in [-0.15, -0.1) is 0 Å². The zero-order valence-corrected chi connectivity index (χ0v) is 28.4. The monoisotopic (exact) mass is 615 g/mol. The van der Waals surface area contributed by atoms with Crippen LogP contribution in [0.15, 0.2) is 52.3 Å². The van der Waals surface area contributed by atoms with Gasteiger partial charge in [-0.2, -0.15) is 0 Å². The summed E-state index contributed by atoms with van der Waals surface area (Å²) in [6.45, 7) is 15.9. The van der Waals surface area contributed by atoms with E-state index in [1.165, 1.54) is 45.5 Å². The first-order chi connectivity index (χ1) is 18.8. The molecule has 2 aromatic rings. The van der Waals surface area contributed by atoms with E-state index in [9.17, 15) is 4.79 Å². The molecule has 0 bridgehead atoms. The van der Waals surface area contributed by atoms with Crippen molar-refractivity contribution in [2.45, 2.75) is 96.0 Å². The van der Waals surface area contributed by atoms with Crippen molar-refractivity contribution in [3.63, 3.8) is 0 Å². The zero-order chi connectivity index (χ0) is 30.4. The Labute approximate surface area is 252 Å². The molecule has 0 aliphatic rings. The topological polar surface area (TPSA) is 80.0 Å². The average Bonchev–Trinajstić information content (AvgIpc) is 2.92. The van der Waals surface area contributed by atoms with Crippen LogP contribution in [0.2, 0.25) is 5.02 Å². The van der Waals surface area contributed by atoms with Gasteiger partial charge < -0.3 is 4.74 Å². The molecular formula is C31H51ClNO5PS. The van der Waals surface area contributed by atoms with Crippen molar-refractivity contribution in [1.82, 2.24) is 0 Å². The number of ether oxygens (including phenoxy) is 2. The average molecular weight is 616 g/mol. The number of carbonyl (C=O) groups excluding carboxylic acids is 1. The van der Waals surface area contributed by atoms with Crippen LogP contribution in [-0.4, -0.2) is 38.7 Å². The fourth-order valence-corrected chi connectivity index (χ4v) is 7.56. The van der Waals surface area contributed by atoms with Gasteiger partial charge in [0, 0.05) is 13.2 Å². The third kappa shape index (κ3) is 10.9. The van der Waals surface area contributed by atoms with E-state index >= 15 is 0 Å². The first-order valence-electron chi connectivity index (χ1n) is 14.1. The first-order valence-corrected chi connectivity index (χ1v) is 17.4. The molecule has 0 radical (unpaired) electrons. The number of hydrogen-bond donors (Lipinski definition) is 1. The molecule has 0 amide bonds. The van der Waals surface area contributed by atoms with Gasteiger partial charge in [-0.25, -0.2) is 0 Å². The summed E-state index contributed by atoms with van der Waals surface area (Å²) in [5.74, 6) is 0.733. The molecule has 0 saturated heterocycles. The van der Waals surface area contributed by atoms with Crippen LogP contribution in [0.4, 0.5) is 4.79 Å². The van der Waals surface area contributed by atoms with Crippen molar-refractivity contribution < 1.29 is 23.3 Å². The molecule has 2 N–H and O–H groups in total. The summed E-state index contributed by atoms with van der Waals surface area (Å²) in [5.41, 5.74) is 6.29. The quantitative estimate of drug-likeness (QED) is 0.167. The van der Waals surface area contributed by atoms with E-state index in [1.54, 1.807) is 44.7 Å². The van der Waals surface area contributed by atoms with Crippen LogP contribution in [-0.2, 0) is 24.9 Å². The van der Waals surface area contributed by atoms with E-state index in [-0.39, 0.29) is 5.02 Å². The Bertz CT molecular complexity index is 1060. The first kappa shape index (κ1) is 36.8. The maximum atomic E-state index is 13.1. The Morgan fingerprint density at radius 3 is 2.20 bits per heavy atom. The van der Waals surface area contributed by atoms with E-state index in [4.69, 9.17) is 35.6 Å². The molecule has 0 spiro atoms. The second kappa shape index (κ2) is 17.1. The normalized spacial score (nSPS) is 13.5. The third-order valence-corrected chi connectivity index (χ3v) is 11.3. The molecule has 0 aliphatic carbocycles. The summed E-state index contributed by atoms with van der Waals surface area (Å²) >= 11 is 8.15. The van der Waals surface area contributed by atoms with Gasteiger partial charge in [-0.1, -0.05) is 40.0 Å². The number of aryl methyl sites for hydroxylation is 1. The van der Waals surface area contributed by atoms with Crippen LogP contribution in [0.25, 0.3) is 0 Å². The molecule has 1 atom stereocenters. The number of hydrogen-bond acceptors (Lipinski definition) is 7. The predicted molar refractivity (Wildman–Crippen MR) is 172 cm³/mol. The van der Waals surface area contributed by atoms with Crippen LogP contribution in [0.3, 0.4) is 0 Å². The number of unbranched alkanes of at least 4 members (excludes halogenated alkanes) is 2. The summed E-state index contributed by atoms with van der Waals surface area (Å²) in [4.78, 5) is 15.1. The standard InChI is InChI=1S/C21H29ClNO4PS.C10H22O/c1-7-15-9-8-10-16(13-15)29-17-11-12-19(18(22)14-17)28(23,25-5,26-6)20(24)27-21(2,3)4;1-4-6-7-8-11-9-10(3)5-2/h8-14H,7,23H2,1-6H3;10H,4-9H2,1-3H3. The summed E-state index contributed by atoms with van der Waals surface area (Å²) in [7, 11) is -1.84. The minimum atomic E-state index is -4.51. The van der Waals surface area contributed by atoms with Crippen LogP contribution >= 0.6 is 30.6 Å². The number of carbonyl (C=O) groups is 1. The zero-order valence-electron chi connectivity index (χ0n) is 25.9. The molecule has 0 saturated carbocycles. The molecule has 6 nitrogen and oxygen atoms in total. The molecule has 9 heteroatoms. The molecule has 0 fully saturated rings. The fourth-order valence-electron chi connectivity index (χ4n) is 3.58. The van der Waals surface area contributed by atoms with Gasteiger partial charge >= 0.3 is 182 Å². The number of rotatable bonds is 14. The van der Waals surface area contributed by atoms with Gasteiger partial charge in [0.2, 0.25) is 0 Å². The second-order valence-electron chi connectivity index (χ2n) is 10.9. The SMILES string of the molecule is CCCCCOCC(C)CC.CCc1cccc(Sc2ccc(P(N)(OC)(OC)C(=O)OC(C)(C)C)c(Cl)c2)c1. The number of benzene rings is 2. The van der Waals surface area contributed by atoms with Crippen LogP contribution in [0.1, 0.15) is 79.7 Å². The molecule has 1 unspecified atom stereocenters. The second-order valence-corrected chi connectivity index (χ2v) is 16.1. The molecule has 0 aromatic heterocycles. The molecule has 2 aromatic carbocycles.